The Kier molecular flexibility index (Phi) is 2.69. The first kappa shape index (κ1) is 8.02. The summed E-state index contributed by atoms with van der Waals surface area (Å²) in [6.07, 6.45) is 1.53. The van der Waals surface area contributed by atoms with Gasteiger partial charge in [0, 0.05) is 13.2 Å². The molecule has 0 amide bonds. The maximum atomic E-state index is 5.54. The van der Waals surface area contributed by atoms with Crippen LogP contribution in [0.15, 0.2) is 0 Å². The highest BCUT2D eigenvalue weighted by Crippen LogP contribution is 2.26. The van der Waals surface area contributed by atoms with E-state index in [-0.39, 0.29) is 0 Å². The SMILES string of the molecule is CC(C)[C@@H]1CCO[C@H]1CN. The summed E-state index contributed by atoms with van der Waals surface area (Å²) in [6.45, 7) is 6.07. The molecule has 0 aromatic rings. The van der Waals surface area contributed by atoms with Crippen molar-refractivity contribution >= 4 is 0 Å². The zero-order valence-electron chi connectivity index (χ0n) is 6.84. The third-order valence-corrected chi connectivity index (χ3v) is 2.35. The van der Waals surface area contributed by atoms with E-state index in [0.29, 0.717) is 18.6 Å². The molecule has 0 spiro atoms. The highest BCUT2D eigenvalue weighted by Gasteiger charge is 2.28. The van der Waals surface area contributed by atoms with Gasteiger partial charge in [0.15, 0.2) is 0 Å². The third kappa shape index (κ3) is 1.50. The van der Waals surface area contributed by atoms with Gasteiger partial charge >= 0.3 is 0 Å². The number of rotatable bonds is 2. The summed E-state index contributed by atoms with van der Waals surface area (Å²) in [5.74, 6) is 1.42. The average Bonchev–Trinajstić information content (AvgIpc) is 2.33. The van der Waals surface area contributed by atoms with Crippen LogP contribution in [0.4, 0.5) is 0 Å². The lowest BCUT2D eigenvalue weighted by Crippen LogP contribution is -2.28. The van der Waals surface area contributed by atoms with Crippen LogP contribution in [-0.2, 0) is 4.74 Å². The van der Waals surface area contributed by atoms with Crippen molar-refractivity contribution in [3.8, 4) is 0 Å². The number of ether oxygens (including phenoxy) is 1. The molecular weight excluding hydrogens is 126 g/mol. The first-order chi connectivity index (χ1) is 4.75. The molecule has 0 aromatic carbocycles. The first-order valence-electron chi connectivity index (χ1n) is 4.07. The first-order valence-corrected chi connectivity index (χ1v) is 4.07. The summed E-state index contributed by atoms with van der Waals surface area (Å²) in [5, 5.41) is 0. The van der Waals surface area contributed by atoms with E-state index in [9.17, 15) is 0 Å². The molecule has 0 aromatic heterocycles. The fourth-order valence-electron chi connectivity index (χ4n) is 1.67. The monoisotopic (exact) mass is 143 g/mol. The molecule has 1 aliphatic heterocycles. The van der Waals surface area contributed by atoms with Crippen LogP contribution >= 0.6 is 0 Å². The second-order valence-electron chi connectivity index (χ2n) is 3.34. The van der Waals surface area contributed by atoms with Crippen LogP contribution in [0, 0.1) is 11.8 Å². The highest BCUT2D eigenvalue weighted by atomic mass is 16.5. The molecule has 0 saturated carbocycles. The van der Waals surface area contributed by atoms with Crippen molar-refractivity contribution < 1.29 is 4.74 Å². The fraction of sp³-hybridized carbons (Fsp3) is 1.00. The van der Waals surface area contributed by atoms with E-state index in [4.69, 9.17) is 10.5 Å². The second-order valence-corrected chi connectivity index (χ2v) is 3.34. The smallest absolute Gasteiger partial charge is 0.0728 e. The number of nitrogens with two attached hydrogens (primary N) is 1. The van der Waals surface area contributed by atoms with Crippen LogP contribution in [0.25, 0.3) is 0 Å². The Bertz CT molecular complexity index is 103. The van der Waals surface area contributed by atoms with Crippen LogP contribution < -0.4 is 5.73 Å². The van der Waals surface area contributed by atoms with Crippen LogP contribution in [0.1, 0.15) is 20.3 Å². The average molecular weight is 143 g/mol. The zero-order valence-corrected chi connectivity index (χ0v) is 6.84. The van der Waals surface area contributed by atoms with E-state index in [1.54, 1.807) is 0 Å². The molecular formula is C8H17NO. The maximum Gasteiger partial charge on any atom is 0.0728 e. The summed E-state index contributed by atoms with van der Waals surface area (Å²) in [5.41, 5.74) is 5.54. The third-order valence-electron chi connectivity index (χ3n) is 2.35. The molecule has 1 saturated heterocycles. The molecule has 0 bridgehead atoms. The summed E-state index contributed by atoms with van der Waals surface area (Å²) in [4.78, 5) is 0. The Morgan fingerprint density at radius 1 is 1.60 bits per heavy atom. The van der Waals surface area contributed by atoms with E-state index in [1.807, 2.05) is 0 Å². The van der Waals surface area contributed by atoms with Gasteiger partial charge in [-0.15, -0.1) is 0 Å². The second kappa shape index (κ2) is 3.35. The summed E-state index contributed by atoms with van der Waals surface area (Å²) in [6, 6.07) is 0. The Balaban J connectivity index is 2.42. The van der Waals surface area contributed by atoms with Gasteiger partial charge in [-0.1, -0.05) is 13.8 Å². The van der Waals surface area contributed by atoms with Gasteiger partial charge in [0.25, 0.3) is 0 Å². The largest absolute Gasteiger partial charge is 0.377 e. The van der Waals surface area contributed by atoms with Crippen molar-refractivity contribution in [1.82, 2.24) is 0 Å². The topological polar surface area (TPSA) is 35.2 Å². The molecule has 1 fully saturated rings. The Labute approximate surface area is 62.7 Å². The molecule has 60 valence electrons. The lowest BCUT2D eigenvalue weighted by Gasteiger charge is -2.19. The molecule has 1 aliphatic rings. The summed E-state index contributed by atoms with van der Waals surface area (Å²) < 4.78 is 5.45. The van der Waals surface area contributed by atoms with Crippen LogP contribution in [0.5, 0.6) is 0 Å². The standard InChI is InChI=1S/C8H17NO/c1-6(2)7-3-4-10-8(7)5-9/h6-8H,3-5,9H2,1-2H3/t7-,8-/m0/s1. The molecule has 1 heterocycles. The molecule has 0 radical (unpaired) electrons. The highest BCUT2D eigenvalue weighted by molar-refractivity contribution is 4.78. The Morgan fingerprint density at radius 2 is 2.30 bits per heavy atom. The minimum Gasteiger partial charge on any atom is -0.377 e. The van der Waals surface area contributed by atoms with Gasteiger partial charge < -0.3 is 10.5 Å². The molecule has 1 rings (SSSR count). The molecule has 2 nitrogen and oxygen atoms in total. The lowest BCUT2D eigenvalue weighted by molar-refractivity contribution is 0.0863. The summed E-state index contributed by atoms with van der Waals surface area (Å²) in [7, 11) is 0. The van der Waals surface area contributed by atoms with Crippen molar-refractivity contribution in [2.24, 2.45) is 17.6 Å². The normalized spacial score (nSPS) is 33.6. The van der Waals surface area contributed by atoms with Crippen molar-refractivity contribution in [2.75, 3.05) is 13.2 Å². The van der Waals surface area contributed by atoms with E-state index in [1.165, 1.54) is 6.42 Å². The van der Waals surface area contributed by atoms with Crippen LogP contribution in [0.2, 0.25) is 0 Å². The molecule has 0 unspecified atom stereocenters. The molecule has 10 heavy (non-hydrogen) atoms. The van der Waals surface area contributed by atoms with Gasteiger partial charge in [-0.2, -0.15) is 0 Å². The molecule has 2 N–H and O–H groups in total. The quantitative estimate of drug-likeness (QED) is 0.626. The van der Waals surface area contributed by atoms with Crippen molar-refractivity contribution in [2.45, 2.75) is 26.4 Å². The summed E-state index contributed by atoms with van der Waals surface area (Å²) >= 11 is 0. The Morgan fingerprint density at radius 3 is 2.70 bits per heavy atom. The predicted octanol–water partition coefficient (Wildman–Crippen LogP) is 1.01. The Hall–Kier alpha value is -0.0800. The van der Waals surface area contributed by atoms with E-state index in [2.05, 4.69) is 13.8 Å². The zero-order chi connectivity index (χ0) is 7.56. The molecule has 2 atom stereocenters. The van der Waals surface area contributed by atoms with Gasteiger partial charge in [-0.05, 0) is 18.3 Å². The van der Waals surface area contributed by atoms with Crippen molar-refractivity contribution in [3.05, 3.63) is 0 Å². The number of hydrogen-bond acceptors (Lipinski definition) is 2. The van der Waals surface area contributed by atoms with E-state index in [0.717, 1.165) is 12.5 Å². The van der Waals surface area contributed by atoms with Gasteiger partial charge in [-0.25, -0.2) is 0 Å². The van der Waals surface area contributed by atoms with Crippen molar-refractivity contribution in [3.63, 3.8) is 0 Å². The molecule has 2 heteroatoms. The fourth-order valence-corrected chi connectivity index (χ4v) is 1.67. The van der Waals surface area contributed by atoms with Gasteiger partial charge in [0.05, 0.1) is 6.10 Å². The maximum absolute atomic E-state index is 5.54. The van der Waals surface area contributed by atoms with E-state index >= 15 is 0 Å². The minimum absolute atomic E-state index is 0.333. The van der Waals surface area contributed by atoms with E-state index < -0.39 is 0 Å². The van der Waals surface area contributed by atoms with Gasteiger partial charge in [-0.3, -0.25) is 0 Å². The minimum atomic E-state index is 0.333. The molecule has 0 aliphatic carbocycles. The van der Waals surface area contributed by atoms with Crippen LogP contribution in [-0.4, -0.2) is 19.3 Å². The van der Waals surface area contributed by atoms with Crippen molar-refractivity contribution in [1.29, 1.82) is 0 Å². The van der Waals surface area contributed by atoms with Gasteiger partial charge in [0.2, 0.25) is 0 Å². The lowest BCUT2D eigenvalue weighted by atomic mass is 9.90. The van der Waals surface area contributed by atoms with Gasteiger partial charge in [0.1, 0.15) is 0 Å². The predicted molar refractivity (Wildman–Crippen MR) is 41.7 cm³/mol. The van der Waals surface area contributed by atoms with Crippen LogP contribution in [0.3, 0.4) is 0 Å². The number of hydrogen-bond donors (Lipinski definition) is 1.